The molecule has 2 aromatic rings. The Labute approximate surface area is 157 Å². The van der Waals surface area contributed by atoms with E-state index in [0.29, 0.717) is 19.2 Å². The number of esters is 1. The van der Waals surface area contributed by atoms with Crippen LogP contribution in [0.15, 0.2) is 60.7 Å². The molecular formula is C23H31NO2. The Hall–Kier alpha value is -2.13. The number of hydrogen-bond donors (Lipinski definition) is 1. The molecule has 26 heavy (non-hydrogen) atoms. The monoisotopic (exact) mass is 353 g/mol. The van der Waals surface area contributed by atoms with Crippen molar-refractivity contribution in [3.8, 4) is 0 Å². The number of nitrogens with one attached hydrogen (secondary N) is 1. The molecule has 0 heterocycles. The minimum atomic E-state index is -0.376. The standard InChI is InChI=1S/C23H31NO2/c1-3-4-7-12-19(2)24-17-18-26-23(25)22(20-13-8-5-9-14-20)21-15-10-6-11-16-21/h5-6,8-11,13-16,19,22,24H,3-4,7,12,17-18H2,1-2H3/t19-/m1/s1. The quantitative estimate of drug-likeness (QED) is 0.460. The summed E-state index contributed by atoms with van der Waals surface area (Å²) in [6.45, 7) is 5.49. The van der Waals surface area contributed by atoms with Gasteiger partial charge in [-0.2, -0.15) is 0 Å². The molecule has 0 aliphatic carbocycles. The number of carbonyl (C=O) groups excluding carboxylic acids is 1. The average molecular weight is 354 g/mol. The Morgan fingerprint density at radius 3 is 2.08 bits per heavy atom. The summed E-state index contributed by atoms with van der Waals surface area (Å²) in [5.74, 6) is -0.567. The van der Waals surface area contributed by atoms with Gasteiger partial charge in [0.1, 0.15) is 12.5 Å². The first-order valence-electron chi connectivity index (χ1n) is 9.72. The number of hydrogen-bond acceptors (Lipinski definition) is 3. The van der Waals surface area contributed by atoms with Crippen LogP contribution in [-0.4, -0.2) is 25.2 Å². The van der Waals surface area contributed by atoms with Gasteiger partial charge in [0.15, 0.2) is 0 Å². The summed E-state index contributed by atoms with van der Waals surface area (Å²) in [5, 5.41) is 3.44. The van der Waals surface area contributed by atoms with Gasteiger partial charge in [0.25, 0.3) is 0 Å². The lowest BCUT2D eigenvalue weighted by Gasteiger charge is -2.18. The van der Waals surface area contributed by atoms with Gasteiger partial charge < -0.3 is 10.1 Å². The van der Waals surface area contributed by atoms with Gasteiger partial charge in [0, 0.05) is 12.6 Å². The maximum Gasteiger partial charge on any atom is 0.317 e. The second-order valence-electron chi connectivity index (χ2n) is 6.77. The van der Waals surface area contributed by atoms with E-state index in [0.717, 1.165) is 11.1 Å². The lowest BCUT2D eigenvalue weighted by Crippen LogP contribution is -2.30. The highest BCUT2D eigenvalue weighted by Crippen LogP contribution is 2.25. The van der Waals surface area contributed by atoms with Gasteiger partial charge in [-0.3, -0.25) is 4.79 Å². The van der Waals surface area contributed by atoms with Crippen LogP contribution in [-0.2, 0) is 9.53 Å². The van der Waals surface area contributed by atoms with Crippen LogP contribution < -0.4 is 5.32 Å². The van der Waals surface area contributed by atoms with E-state index in [4.69, 9.17) is 4.74 Å². The molecule has 0 fully saturated rings. The maximum absolute atomic E-state index is 12.7. The molecule has 0 saturated carbocycles. The van der Waals surface area contributed by atoms with Crippen LogP contribution in [0.3, 0.4) is 0 Å². The van der Waals surface area contributed by atoms with Crippen LogP contribution in [0.4, 0.5) is 0 Å². The van der Waals surface area contributed by atoms with Crippen molar-refractivity contribution in [2.75, 3.05) is 13.2 Å². The molecule has 0 spiro atoms. The first-order valence-corrected chi connectivity index (χ1v) is 9.72. The fourth-order valence-corrected chi connectivity index (χ4v) is 3.10. The summed E-state index contributed by atoms with van der Waals surface area (Å²) in [6, 6.07) is 20.1. The predicted molar refractivity (Wildman–Crippen MR) is 107 cm³/mol. The number of ether oxygens (including phenoxy) is 1. The molecule has 140 valence electrons. The lowest BCUT2D eigenvalue weighted by atomic mass is 9.91. The Kier molecular flexibility index (Phi) is 8.91. The average Bonchev–Trinajstić information content (AvgIpc) is 2.67. The molecular weight excluding hydrogens is 322 g/mol. The van der Waals surface area contributed by atoms with Crippen molar-refractivity contribution >= 4 is 5.97 Å². The molecule has 2 rings (SSSR count). The highest BCUT2D eigenvalue weighted by atomic mass is 16.5. The van der Waals surface area contributed by atoms with Gasteiger partial charge >= 0.3 is 5.97 Å². The van der Waals surface area contributed by atoms with Crippen LogP contribution in [0, 0.1) is 0 Å². The molecule has 1 N–H and O–H groups in total. The normalized spacial score (nSPS) is 12.1. The zero-order valence-corrected chi connectivity index (χ0v) is 16.0. The summed E-state index contributed by atoms with van der Waals surface area (Å²) in [6.07, 6.45) is 4.93. The SMILES string of the molecule is CCCCC[C@@H](C)NCCOC(=O)C(c1ccccc1)c1ccccc1. The summed E-state index contributed by atoms with van der Waals surface area (Å²) < 4.78 is 5.59. The summed E-state index contributed by atoms with van der Waals surface area (Å²) in [4.78, 5) is 12.7. The minimum absolute atomic E-state index is 0.192. The van der Waals surface area contributed by atoms with E-state index in [1.54, 1.807) is 0 Å². The third-order valence-corrected chi connectivity index (χ3v) is 4.58. The summed E-state index contributed by atoms with van der Waals surface area (Å²) in [7, 11) is 0. The highest BCUT2D eigenvalue weighted by molar-refractivity contribution is 5.82. The Morgan fingerprint density at radius 1 is 0.962 bits per heavy atom. The minimum Gasteiger partial charge on any atom is -0.464 e. The smallest absolute Gasteiger partial charge is 0.317 e. The number of rotatable bonds is 11. The fourth-order valence-electron chi connectivity index (χ4n) is 3.10. The Bertz CT molecular complexity index is 588. The van der Waals surface area contributed by atoms with E-state index in [9.17, 15) is 4.79 Å². The van der Waals surface area contributed by atoms with Crippen molar-refractivity contribution in [3.63, 3.8) is 0 Å². The zero-order valence-electron chi connectivity index (χ0n) is 16.0. The van der Waals surface area contributed by atoms with E-state index < -0.39 is 0 Å². The predicted octanol–water partition coefficient (Wildman–Crippen LogP) is 4.92. The lowest BCUT2D eigenvalue weighted by molar-refractivity contribution is -0.144. The van der Waals surface area contributed by atoms with Crippen LogP contribution in [0.2, 0.25) is 0 Å². The molecule has 3 nitrogen and oxygen atoms in total. The van der Waals surface area contributed by atoms with Crippen molar-refractivity contribution in [1.29, 1.82) is 0 Å². The van der Waals surface area contributed by atoms with Crippen LogP contribution in [0.5, 0.6) is 0 Å². The molecule has 0 saturated heterocycles. The zero-order chi connectivity index (χ0) is 18.6. The van der Waals surface area contributed by atoms with E-state index >= 15 is 0 Å². The van der Waals surface area contributed by atoms with E-state index in [-0.39, 0.29) is 11.9 Å². The van der Waals surface area contributed by atoms with E-state index in [1.807, 2.05) is 60.7 Å². The van der Waals surface area contributed by atoms with Gasteiger partial charge in [-0.15, -0.1) is 0 Å². The second kappa shape index (κ2) is 11.5. The molecule has 0 amide bonds. The van der Waals surface area contributed by atoms with Gasteiger partial charge in [-0.25, -0.2) is 0 Å². The number of unbranched alkanes of at least 4 members (excludes halogenated alkanes) is 2. The van der Waals surface area contributed by atoms with Crippen LogP contribution in [0.1, 0.15) is 56.6 Å². The molecule has 1 atom stereocenters. The van der Waals surface area contributed by atoms with E-state index in [1.165, 1.54) is 25.7 Å². The molecule has 0 aromatic heterocycles. The molecule has 0 radical (unpaired) electrons. The maximum atomic E-state index is 12.7. The molecule has 3 heteroatoms. The number of benzene rings is 2. The van der Waals surface area contributed by atoms with Gasteiger partial charge in [-0.1, -0.05) is 86.8 Å². The van der Waals surface area contributed by atoms with Crippen molar-refractivity contribution in [2.24, 2.45) is 0 Å². The van der Waals surface area contributed by atoms with Crippen molar-refractivity contribution in [3.05, 3.63) is 71.8 Å². The summed E-state index contributed by atoms with van der Waals surface area (Å²) in [5.41, 5.74) is 1.93. The fraction of sp³-hybridized carbons (Fsp3) is 0.435. The molecule has 0 unspecified atom stereocenters. The topological polar surface area (TPSA) is 38.3 Å². The van der Waals surface area contributed by atoms with Crippen LogP contribution >= 0.6 is 0 Å². The number of carbonyl (C=O) groups is 1. The second-order valence-corrected chi connectivity index (χ2v) is 6.77. The third-order valence-electron chi connectivity index (χ3n) is 4.58. The largest absolute Gasteiger partial charge is 0.464 e. The highest BCUT2D eigenvalue weighted by Gasteiger charge is 2.23. The molecule has 0 bridgehead atoms. The Balaban J connectivity index is 1.88. The van der Waals surface area contributed by atoms with Gasteiger partial charge in [0.05, 0.1) is 0 Å². The first kappa shape index (κ1) is 20.2. The third kappa shape index (κ3) is 6.64. The van der Waals surface area contributed by atoms with Crippen molar-refractivity contribution in [1.82, 2.24) is 5.32 Å². The molecule has 2 aromatic carbocycles. The van der Waals surface area contributed by atoms with Crippen molar-refractivity contribution < 1.29 is 9.53 Å². The van der Waals surface area contributed by atoms with Gasteiger partial charge in [-0.05, 0) is 24.5 Å². The van der Waals surface area contributed by atoms with Gasteiger partial charge in [0.2, 0.25) is 0 Å². The Morgan fingerprint density at radius 2 is 1.54 bits per heavy atom. The molecule has 0 aliphatic rings. The van der Waals surface area contributed by atoms with Crippen LogP contribution in [0.25, 0.3) is 0 Å². The van der Waals surface area contributed by atoms with Crippen molar-refractivity contribution in [2.45, 2.75) is 51.5 Å². The van der Waals surface area contributed by atoms with E-state index in [2.05, 4.69) is 19.2 Å². The summed E-state index contributed by atoms with van der Waals surface area (Å²) >= 11 is 0. The molecule has 0 aliphatic heterocycles. The first-order chi connectivity index (χ1) is 12.7.